The number of hydrogen-bond donors (Lipinski definition) is 2. The van der Waals surface area contributed by atoms with Gasteiger partial charge in [-0.2, -0.15) is 0 Å². The topological polar surface area (TPSA) is 66.9 Å². The molecule has 0 saturated carbocycles. The second-order valence-electron chi connectivity index (χ2n) is 4.26. The monoisotopic (exact) mass is 290 g/mol. The molecule has 2 heterocycles. The van der Waals surface area contributed by atoms with Crippen LogP contribution in [0.1, 0.15) is 41.7 Å². The maximum absolute atomic E-state index is 12.4. The van der Waals surface area contributed by atoms with Gasteiger partial charge in [0.15, 0.2) is 0 Å². The smallest absolute Gasteiger partial charge is 0.255 e. The molecule has 1 unspecified atom stereocenters. The SMILES string of the molecule is CCNc1ccncc1C(=O)NC(CC)c1nccs1. The highest BCUT2D eigenvalue weighted by molar-refractivity contribution is 7.09. The number of rotatable bonds is 6. The van der Waals surface area contributed by atoms with E-state index in [1.807, 2.05) is 25.3 Å². The molecule has 1 atom stereocenters. The van der Waals surface area contributed by atoms with Crippen molar-refractivity contribution in [3.05, 3.63) is 40.6 Å². The van der Waals surface area contributed by atoms with E-state index in [2.05, 4.69) is 20.6 Å². The van der Waals surface area contributed by atoms with Gasteiger partial charge in [0.2, 0.25) is 0 Å². The van der Waals surface area contributed by atoms with Crippen molar-refractivity contribution < 1.29 is 4.79 Å². The average molecular weight is 290 g/mol. The molecule has 0 bridgehead atoms. The summed E-state index contributed by atoms with van der Waals surface area (Å²) in [5.41, 5.74) is 1.36. The molecule has 2 rings (SSSR count). The number of nitrogens with zero attached hydrogens (tertiary/aromatic N) is 2. The summed E-state index contributed by atoms with van der Waals surface area (Å²) in [6, 6.07) is 1.75. The summed E-state index contributed by atoms with van der Waals surface area (Å²) in [7, 11) is 0. The van der Waals surface area contributed by atoms with E-state index in [0.29, 0.717) is 5.56 Å². The zero-order valence-corrected chi connectivity index (χ0v) is 12.4. The number of carbonyl (C=O) groups excluding carboxylic acids is 1. The second kappa shape index (κ2) is 7.00. The number of hydrogen-bond acceptors (Lipinski definition) is 5. The van der Waals surface area contributed by atoms with Crippen molar-refractivity contribution in [3.8, 4) is 0 Å². The molecule has 20 heavy (non-hydrogen) atoms. The highest BCUT2D eigenvalue weighted by Crippen LogP contribution is 2.20. The van der Waals surface area contributed by atoms with Crippen LogP contribution in [0.5, 0.6) is 0 Å². The van der Waals surface area contributed by atoms with E-state index in [9.17, 15) is 4.79 Å². The Kier molecular flexibility index (Phi) is 5.06. The average Bonchev–Trinajstić information content (AvgIpc) is 2.99. The summed E-state index contributed by atoms with van der Waals surface area (Å²) in [5.74, 6) is -0.129. The first kappa shape index (κ1) is 14.5. The van der Waals surface area contributed by atoms with E-state index in [0.717, 1.165) is 23.7 Å². The van der Waals surface area contributed by atoms with Crippen LogP contribution in [0.15, 0.2) is 30.0 Å². The summed E-state index contributed by atoms with van der Waals surface area (Å²) >= 11 is 1.55. The van der Waals surface area contributed by atoms with Crippen molar-refractivity contribution in [2.45, 2.75) is 26.3 Å². The Morgan fingerprint density at radius 3 is 2.90 bits per heavy atom. The van der Waals surface area contributed by atoms with E-state index < -0.39 is 0 Å². The minimum Gasteiger partial charge on any atom is -0.385 e. The largest absolute Gasteiger partial charge is 0.385 e. The maximum Gasteiger partial charge on any atom is 0.255 e. The summed E-state index contributed by atoms with van der Waals surface area (Å²) < 4.78 is 0. The van der Waals surface area contributed by atoms with Gasteiger partial charge in [-0.05, 0) is 19.4 Å². The fourth-order valence-electron chi connectivity index (χ4n) is 1.90. The van der Waals surface area contributed by atoms with Crippen molar-refractivity contribution in [2.75, 3.05) is 11.9 Å². The van der Waals surface area contributed by atoms with E-state index in [1.54, 1.807) is 29.9 Å². The van der Waals surface area contributed by atoms with Gasteiger partial charge < -0.3 is 10.6 Å². The molecule has 0 aromatic carbocycles. The standard InChI is InChI=1S/C14H18N4OS/c1-3-11(14-17-7-8-20-14)18-13(19)10-9-15-6-5-12(10)16-4-2/h5-9,11H,3-4H2,1-2H3,(H,15,16)(H,18,19). The molecule has 5 nitrogen and oxygen atoms in total. The molecule has 2 aromatic rings. The van der Waals surface area contributed by atoms with Crippen LogP contribution in [-0.4, -0.2) is 22.4 Å². The lowest BCUT2D eigenvalue weighted by molar-refractivity contribution is 0.0936. The molecule has 0 fully saturated rings. The molecule has 0 saturated heterocycles. The highest BCUT2D eigenvalue weighted by atomic mass is 32.1. The maximum atomic E-state index is 12.4. The fourth-order valence-corrected chi connectivity index (χ4v) is 2.67. The van der Waals surface area contributed by atoms with E-state index in [-0.39, 0.29) is 11.9 Å². The quantitative estimate of drug-likeness (QED) is 0.858. The number of thiazole rings is 1. The minimum atomic E-state index is -0.129. The predicted molar refractivity (Wildman–Crippen MR) is 81.0 cm³/mol. The molecule has 6 heteroatoms. The van der Waals surface area contributed by atoms with Crippen LogP contribution in [0.3, 0.4) is 0 Å². The number of pyridine rings is 1. The number of aromatic nitrogens is 2. The van der Waals surface area contributed by atoms with Crippen LogP contribution in [0.2, 0.25) is 0 Å². The lowest BCUT2D eigenvalue weighted by Gasteiger charge is -2.16. The molecule has 2 aromatic heterocycles. The number of amides is 1. The molecule has 0 aliphatic rings. The van der Waals surface area contributed by atoms with Gasteiger partial charge >= 0.3 is 0 Å². The van der Waals surface area contributed by atoms with E-state index in [4.69, 9.17) is 0 Å². The van der Waals surface area contributed by atoms with Gasteiger partial charge in [-0.15, -0.1) is 11.3 Å². The first-order chi connectivity index (χ1) is 9.76. The normalized spacial score (nSPS) is 11.9. The third-order valence-corrected chi connectivity index (χ3v) is 3.79. The molecule has 106 valence electrons. The zero-order valence-electron chi connectivity index (χ0n) is 11.6. The van der Waals surface area contributed by atoms with Gasteiger partial charge in [0.1, 0.15) is 5.01 Å². The van der Waals surface area contributed by atoms with Crippen LogP contribution >= 0.6 is 11.3 Å². The lowest BCUT2D eigenvalue weighted by atomic mass is 10.2. The lowest BCUT2D eigenvalue weighted by Crippen LogP contribution is -2.29. The summed E-state index contributed by atoms with van der Waals surface area (Å²) in [6.45, 7) is 4.78. The van der Waals surface area contributed by atoms with Crippen LogP contribution in [0, 0.1) is 0 Å². The van der Waals surface area contributed by atoms with Crippen molar-refractivity contribution in [1.82, 2.24) is 15.3 Å². The van der Waals surface area contributed by atoms with Crippen molar-refractivity contribution in [1.29, 1.82) is 0 Å². The van der Waals surface area contributed by atoms with E-state index in [1.165, 1.54) is 0 Å². The van der Waals surface area contributed by atoms with Crippen LogP contribution < -0.4 is 10.6 Å². The van der Waals surface area contributed by atoms with E-state index >= 15 is 0 Å². The molecule has 1 amide bonds. The van der Waals surface area contributed by atoms with Crippen molar-refractivity contribution >= 4 is 22.9 Å². The Morgan fingerprint density at radius 2 is 2.25 bits per heavy atom. The summed E-state index contributed by atoms with van der Waals surface area (Å²) in [5, 5.41) is 9.02. The molecule has 2 N–H and O–H groups in total. The first-order valence-electron chi connectivity index (χ1n) is 6.64. The Morgan fingerprint density at radius 1 is 1.40 bits per heavy atom. The van der Waals surface area contributed by atoms with Gasteiger partial charge in [0, 0.05) is 30.5 Å². The van der Waals surface area contributed by atoms with Crippen LogP contribution in [-0.2, 0) is 0 Å². The Labute approximate surface area is 122 Å². The summed E-state index contributed by atoms with van der Waals surface area (Å²) in [6.07, 6.45) is 5.81. The second-order valence-corrected chi connectivity index (χ2v) is 5.18. The Hall–Kier alpha value is -1.95. The number of anilines is 1. The van der Waals surface area contributed by atoms with Gasteiger partial charge in [-0.1, -0.05) is 6.92 Å². The van der Waals surface area contributed by atoms with Gasteiger partial charge in [0.25, 0.3) is 5.91 Å². The number of carbonyl (C=O) groups is 1. The number of nitrogens with one attached hydrogen (secondary N) is 2. The zero-order chi connectivity index (χ0) is 14.4. The predicted octanol–water partition coefficient (Wildman–Crippen LogP) is 2.85. The fraction of sp³-hybridized carbons (Fsp3) is 0.357. The molecule has 0 radical (unpaired) electrons. The van der Waals surface area contributed by atoms with Gasteiger partial charge in [0.05, 0.1) is 17.3 Å². The Bertz CT molecular complexity index is 556. The van der Waals surface area contributed by atoms with Gasteiger partial charge in [-0.25, -0.2) is 4.98 Å². The molecular weight excluding hydrogens is 272 g/mol. The first-order valence-corrected chi connectivity index (χ1v) is 7.52. The highest BCUT2D eigenvalue weighted by Gasteiger charge is 2.18. The van der Waals surface area contributed by atoms with Crippen molar-refractivity contribution in [3.63, 3.8) is 0 Å². The minimum absolute atomic E-state index is 0.0582. The molecule has 0 aliphatic heterocycles. The van der Waals surface area contributed by atoms with Gasteiger partial charge in [-0.3, -0.25) is 9.78 Å². The third kappa shape index (κ3) is 3.33. The Balaban J connectivity index is 2.15. The molecular formula is C14H18N4OS. The molecule has 0 spiro atoms. The van der Waals surface area contributed by atoms with Crippen LogP contribution in [0.4, 0.5) is 5.69 Å². The molecule has 0 aliphatic carbocycles. The summed E-state index contributed by atoms with van der Waals surface area (Å²) in [4.78, 5) is 20.7. The van der Waals surface area contributed by atoms with Crippen LogP contribution in [0.25, 0.3) is 0 Å². The third-order valence-electron chi connectivity index (χ3n) is 2.90. The van der Waals surface area contributed by atoms with Crippen molar-refractivity contribution in [2.24, 2.45) is 0 Å².